The SMILES string of the molecule is COc1ccc(N2C(=O)C(Cl)=C(Nc3ccc(C(=O)Oc4ccc(C=O)cc4)cc3)C2=O)c(OC)c1. The number of ether oxygens (including phenoxy) is 3. The molecule has 0 unspecified atom stereocenters. The lowest BCUT2D eigenvalue weighted by Crippen LogP contribution is -2.32. The van der Waals surface area contributed by atoms with Gasteiger partial charge in [0.25, 0.3) is 11.8 Å². The quantitative estimate of drug-likeness (QED) is 0.210. The molecule has 4 rings (SSSR count). The van der Waals surface area contributed by atoms with Gasteiger partial charge in [-0.1, -0.05) is 11.6 Å². The molecule has 0 bridgehead atoms. The standard InChI is InChI=1S/C26H19ClN2O7/c1-34-19-11-12-20(21(13-19)35-2)29-24(31)22(27)23(25(29)32)28-17-7-5-16(6-8-17)26(33)36-18-9-3-15(14-30)4-10-18/h3-14,28H,1-2H3. The number of nitrogens with one attached hydrogen (secondary N) is 1. The Bertz CT molecular complexity index is 1380. The Morgan fingerprint density at radius 1 is 0.889 bits per heavy atom. The molecule has 36 heavy (non-hydrogen) atoms. The number of halogens is 1. The van der Waals surface area contributed by atoms with Crippen molar-refractivity contribution in [2.24, 2.45) is 0 Å². The monoisotopic (exact) mass is 506 g/mol. The number of carbonyl (C=O) groups is 4. The number of imide groups is 1. The van der Waals surface area contributed by atoms with Gasteiger partial charge in [-0.25, -0.2) is 9.69 Å². The van der Waals surface area contributed by atoms with Crippen LogP contribution in [-0.2, 0) is 9.59 Å². The van der Waals surface area contributed by atoms with Crippen LogP contribution in [0.5, 0.6) is 17.2 Å². The lowest BCUT2D eigenvalue weighted by Gasteiger charge is -2.18. The molecule has 2 amide bonds. The van der Waals surface area contributed by atoms with Gasteiger partial charge in [0.05, 0.1) is 25.5 Å². The Kier molecular flexibility index (Phi) is 7.03. The molecule has 0 fully saturated rings. The van der Waals surface area contributed by atoms with Crippen LogP contribution in [0.3, 0.4) is 0 Å². The van der Waals surface area contributed by atoms with Gasteiger partial charge in [0, 0.05) is 17.3 Å². The summed E-state index contributed by atoms with van der Waals surface area (Å²) in [5.41, 5.74) is 1.22. The molecule has 0 aromatic heterocycles. The van der Waals surface area contributed by atoms with Gasteiger partial charge in [0.1, 0.15) is 34.3 Å². The molecule has 9 nitrogen and oxygen atoms in total. The van der Waals surface area contributed by atoms with Crippen molar-refractivity contribution in [3.63, 3.8) is 0 Å². The van der Waals surface area contributed by atoms with Crippen molar-refractivity contribution < 1.29 is 33.4 Å². The van der Waals surface area contributed by atoms with Gasteiger partial charge in [-0.3, -0.25) is 14.4 Å². The van der Waals surface area contributed by atoms with Crippen molar-refractivity contribution in [3.05, 3.63) is 88.6 Å². The van der Waals surface area contributed by atoms with Crippen LogP contribution in [-0.4, -0.2) is 38.3 Å². The van der Waals surface area contributed by atoms with E-state index < -0.39 is 17.8 Å². The fourth-order valence-corrected chi connectivity index (χ4v) is 3.63. The molecule has 1 aliphatic heterocycles. The van der Waals surface area contributed by atoms with Crippen LogP contribution in [0.2, 0.25) is 0 Å². The van der Waals surface area contributed by atoms with Crippen LogP contribution < -0.4 is 24.4 Å². The summed E-state index contributed by atoms with van der Waals surface area (Å²) < 4.78 is 15.8. The number of rotatable bonds is 8. The first kappa shape index (κ1) is 24.5. The van der Waals surface area contributed by atoms with E-state index in [1.165, 1.54) is 68.8 Å². The van der Waals surface area contributed by atoms with Crippen LogP contribution in [0.4, 0.5) is 11.4 Å². The largest absolute Gasteiger partial charge is 0.497 e. The highest BCUT2D eigenvalue weighted by atomic mass is 35.5. The number of hydrogen-bond acceptors (Lipinski definition) is 8. The van der Waals surface area contributed by atoms with E-state index in [1.54, 1.807) is 12.1 Å². The van der Waals surface area contributed by atoms with E-state index in [2.05, 4.69) is 5.32 Å². The average Bonchev–Trinajstić information content (AvgIpc) is 3.11. The Hall–Kier alpha value is -4.63. The fourth-order valence-electron chi connectivity index (χ4n) is 3.41. The lowest BCUT2D eigenvalue weighted by molar-refractivity contribution is -0.120. The first-order valence-corrected chi connectivity index (χ1v) is 10.9. The summed E-state index contributed by atoms with van der Waals surface area (Å²) >= 11 is 6.21. The topological polar surface area (TPSA) is 111 Å². The van der Waals surface area contributed by atoms with Crippen molar-refractivity contribution in [2.45, 2.75) is 0 Å². The second-order valence-electron chi connectivity index (χ2n) is 7.45. The van der Waals surface area contributed by atoms with Crippen molar-refractivity contribution in [2.75, 3.05) is 24.4 Å². The van der Waals surface area contributed by atoms with Gasteiger partial charge in [0.15, 0.2) is 0 Å². The normalized spacial score (nSPS) is 13.0. The number of benzene rings is 3. The second kappa shape index (κ2) is 10.3. The van der Waals surface area contributed by atoms with Crippen molar-refractivity contribution in [3.8, 4) is 17.2 Å². The van der Waals surface area contributed by atoms with Crippen molar-refractivity contribution in [1.29, 1.82) is 0 Å². The number of esters is 1. The van der Waals surface area contributed by atoms with E-state index in [4.69, 9.17) is 25.8 Å². The van der Waals surface area contributed by atoms with Gasteiger partial charge in [0.2, 0.25) is 0 Å². The molecule has 0 spiro atoms. The molecule has 3 aromatic rings. The molecular formula is C26H19ClN2O7. The molecule has 0 saturated heterocycles. The molecule has 3 aromatic carbocycles. The van der Waals surface area contributed by atoms with Crippen molar-refractivity contribution >= 4 is 47.0 Å². The number of anilines is 2. The zero-order chi connectivity index (χ0) is 25.8. The second-order valence-corrected chi connectivity index (χ2v) is 7.83. The third-order valence-corrected chi connectivity index (χ3v) is 5.62. The Balaban J connectivity index is 1.49. The number of nitrogens with zero attached hydrogens (tertiary/aromatic N) is 1. The summed E-state index contributed by atoms with van der Waals surface area (Å²) in [6.45, 7) is 0. The summed E-state index contributed by atoms with van der Waals surface area (Å²) in [6, 6.07) is 16.8. The van der Waals surface area contributed by atoms with Gasteiger partial charge < -0.3 is 19.5 Å². The summed E-state index contributed by atoms with van der Waals surface area (Å²) in [5.74, 6) is -0.963. The molecule has 0 aliphatic carbocycles. The number of amides is 2. The number of methoxy groups -OCH3 is 2. The summed E-state index contributed by atoms with van der Waals surface area (Å²) in [7, 11) is 2.89. The number of carbonyl (C=O) groups excluding carboxylic acids is 4. The maximum atomic E-state index is 13.1. The first-order valence-electron chi connectivity index (χ1n) is 10.5. The zero-order valence-corrected chi connectivity index (χ0v) is 19.9. The van der Waals surface area contributed by atoms with Crippen LogP contribution >= 0.6 is 11.6 Å². The highest BCUT2D eigenvalue weighted by Gasteiger charge is 2.40. The molecule has 1 aliphatic rings. The smallest absolute Gasteiger partial charge is 0.343 e. The van der Waals surface area contributed by atoms with Crippen LogP contribution in [0.25, 0.3) is 0 Å². The highest BCUT2D eigenvalue weighted by molar-refractivity contribution is 6.53. The zero-order valence-electron chi connectivity index (χ0n) is 19.1. The van der Waals surface area contributed by atoms with Gasteiger partial charge in [-0.15, -0.1) is 0 Å². The first-order chi connectivity index (χ1) is 17.4. The highest BCUT2D eigenvalue weighted by Crippen LogP contribution is 2.37. The van der Waals surface area contributed by atoms with Gasteiger partial charge in [-0.05, 0) is 60.7 Å². The summed E-state index contributed by atoms with van der Waals surface area (Å²) in [5, 5.41) is 2.55. The molecule has 0 radical (unpaired) electrons. The van der Waals surface area contributed by atoms with E-state index in [-0.39, 0.29) is 33.5 Å². The molecule has 10 heteroatoms. The summed E-state index contributed by atoms with van der Waals surface area (Å²) in [6.07, 6.45) is 0.689. The van der Waals surface area contributed by atoms with Crippen LogP contribution in [0.15, 0.2) is 77.5 Å². The molecule has 0 saturated carbocycles. The van der Waals surface area contributed by atoms with E-state index in [0.29, 0.717) is 23.3 Å². The van der Waals surface area contributed by atoms with E-state index in [0.717, 1.165) is 4.90 Å². The minimum Gasteiger partial charge on any atom is -0.497 e. The minimum absolute atomic E-state index is 0.120. The summed E-state index contributed by atoms with van der Waals surface area (Å²) in [4.78, 5) is 50.0. The fraction of sp³-hybridized carbons (Fsp3) is 0.0769. The lowest BCUT2D eigenvalue weighted by atomic mass is 10.2. The molecule has 1 heterocycles. The van der Waals surface area contributed by atoms with Crippen LogP contribution in [0.1, 0.15) is 20.7 Å². The van der Waals surface area contributed by atoms with E-state index in [1.807, 2.05) is 0 Å². The van der Waals surface area contributed by atoms with E-state index >= 15 is 0 Å². The van der Waals surface area contributed by atoms with Crippen molar-refractivity contribution in [1.82, 2.24) is 0 Å². The third-order valence-electron chi connectivity index (χ3n) is 5.27. The molecule has 1 N–H and O–H groups in total. The molecule has 0 atom stereocenters. The minimum atomic E-state index is -0.714. The Labute approximate surface area is 210 Å². The predicted molar refractivity (Wildman–Crippen MR) is 132 cm³/mol. The maximum absolute atomic E-state index is 13.1. The maximum Gasteiger partial charge on any atom is 0.343 e. The van der Waals surface area contributed by atoms with E-state index in [9.17, 15) is 19.2 Å². The molecular weight excluding hydrogens is 488 g/mol. The Morgan fingerprint density at radius 3 is 2.17 bits per heavy atom. The van der Waals surface area contributed by atoms with Crippen LogP contribution in [0, 0.1) is 0 Å². The number of aldehydes is 1. The molecule has 182 valence electrons. The number of hydrogen-bond donors (Lipinski definition) is 1. The third kappa shape index (κ3) is 4.77. The van der Waals surface area contributed by atoms with Gasteiger partial charge >= 0.3 is 5.97 Å². The van der Waals surface area contributed by atoms with Gasteiger partial charge in [-0.2, -0.15) is 0 Å². The Morgan fingerprint density at radius 2 is 1.56 bits per heavy atom. The predicted octanol–water partition coefficient (Wildman–Crippen LogP) is 4.17. The average molecular weight is 507 g/mol.